The van der Waals surface area contributed by atoms with E-state index in [2.05, 4.69) is 83.7 Å². The Labute approximate surface area is 383 Å². The van der Waals surface area contributed by atoms with Crippen molar-refractivity contribution in [2.75, 3.05) is 26.4 Å². The van der Waals surface area contributed by atoms with Gasteiger partial charge in [0, 0.05) is 30.0 Å². The number of nitrogens with zero attached hydrogens (tertiary/aromatic N) is 2. The number of hydrogen-bond donors (Lipinski definition) is 0. The third-order valence-corrected chi connectivity index (χ3v) is 21.9. The van der Waals surface area contributed by atoms with Crippen LogP contribution in [0.1, 0.15) is 92.3 Å². The average molecular weight is 956 g/mol. The second-order valence-electron chi connectivity index (χ2n) is 19.0. The van der Waals surface area contributed by atoms with Gasteiger partial charge in [0.05, 0.1) is 12.1 Å². The van der Waals surface area contributed by atoms with Crippen molar-refractivity contribution in [2.45, 2.75) is 143 Å². The minimum absolute atomic E-state index is 0. The molecule has 2 saturated heterocycles. The molecule has 0 saturated carbocycles. The number of halogens is 1. The van der Waals surface area contributed by atoms with E-state index in [9.17, 15) is 19.2 Å². The van der Waals surface area contributed by atoms with E-state index in [1.807, 2.05) is 84.9 Å². The van der Waals surface area contributed by atoms with E-state index in [0.717, 1.165) is 21.2 Å². The summed E-state index contributed by atoms with van der Waals surface area (Å²) in [5.41, 5.74) is 3.23. The lowest BCUT2D eigenvalue weighted by molar-refractivity contribution is -0.134. The van der Waals surface area contributed by atoms with E-state index in [0.29, 0.717) is 51.7 Å². The summed E-state index contributed by atoms with van der Waals surface area (Å²) >= 11 is 3.47. The van der Waals surface area contributed by atoms with Crippen LogP contribution in [-0.2, 0) is 47.2 Å². The quantitative estimate of drug-likeness (QED) is 0.103. The molecule has 13 heteroatoms. The number of carbonyl (C=O) groups is 4. The van der Waals surface area contributed by atoms with E-state index in [4.69, 9.17) is 18.3 Å². The Morgan fingerprint density at radius 2 is 1.11 bits per heavy atom. The number of ether oxygens (including phenoxy) is 2. The first-order valence-electron chi connectivity index (χ1n) is 21.2. The van der Waals surface area contributed by atoms with Crippen LogP contribution in [0.15, 0.2) is 89.4 Å². The first-order valence-corrected chi connectivity index (χ1v) is 27.8. The summed E-state index contributed by atoms with van der Waals surface area (Å²) in [6.07, 6.45) is 2.17. The molecule has 0 bridgehead atoms. The van der Waals surface area contributed by atoms with Crippen molar-refractivity contribution in [1.82, 2.24) is 9.80 Å². The summed E-state index contributed by atoms with van der Waals surface area (Å²) in [4.78, 5) is 53.6. The van der Waals surface area contributed by atoms with Crippen LogP contribution in [0.3, 0.4) is 0 Å². The van der Waals surface area contributed by atoms with Crippen LogP contribution in [0.5, 0.6) is 0 Å². The highest BCUT2D eigenvalue weighted by atomic mass is 79.9. The third-order valence-electron chi connectivity index (χ3n) is 12.3. The van der Waals surface area contributed by atoms with Crippen LogP contribution < -0.4 is 0 Å². The van der Waals surface area contributed by atoms with Gasteiger partial charge in [-0.25, -0.2) is 19.4 Å². The zero-order valence-electron chi connectivity index (χ0n) is 37.4. The topological polar surface area (TPSA) is 112 Å². The molecule has 2 fully saturated rings. The molecular formula is C49H75BrN2O8Si2. The maximum atomic E-state index is 13.8. The Balaban J connectivity index is 0.000000427. The molecule has 2 aliphatic heterocycles. The molecule has 2 aliphatic rings. The molecule has 3 atom stereocenters. The Kier molecular flexibility index (Phi) is 21.0. The summed E-state index contributed by atoms with van der Waals surface area (Å²) in [7, 11) is -3.74. The summed E-state index contributed by atoms with van der Waals surface area (Å²) in [5, 5.41) is 0.244. The van der Waals surface area contributed by atoms with Crippen molar-refractivity contribution in [1.29, 1.82) is 0 Å². The molecule has 3 aromatic carbocycles. The Morgan fingerprint density at radius 1 is 0.677 bits per heavy atom. The minimum Gasteiger partial charge on any atom is -0.447 e. The predicted octanol–water partition coefficient (Wildman–Crippen LogP) is 12.3. The third kappa shape index (κ3) is 15.6. The lowest BCUT2D eigenvalue weighted by atomic mass is 9.94. The van der Waals surface area contributed by atoms with Gasteiger partial charge in [0.15, 0.2) is 16.6 Å². The van der Waals surface area contributed by atoms with Crippen LogP contribution in [0.2, 0.25) is 36.3 Å². The van der Waals surface area contributed by atoms with Gasteiger partial charge in [-0.1, -0.05) is 145 Å². The molecule has 0 aliphatic carbocycles. The van der Waals surface area contributed by atoms with Crippen LogP contribution in [0.4, 0.5) is 9.59 Å². The molecule has 4 amide bonds. The highest BCUT2D eigenvalue weighted by Gasteiger charge is 2.42. The Morgan fingerprint density at radius 3 is 1.58 bits per heavy atom. The fourth-order valence-corrected chi connectivity index (χ4v) is 8.96. The van der Waals surface area contributed by atoms with Gasteiger partial charge in [0.1, 0.15) is 13.2 Å². The van der Waals surface area contributed by atoms with Crippen molar-refractivity contribution in [3.05, 3.63) is 106 Å². The maximum absolute atomic E-state index is 13.8. The number of cyclic esters (lactones) is 2. The summed E-state index contributed by atoms with van der Waals surface area (Å²) < 4.78 is 23.9. The second kappa shape index (κ2) is 23.9. The van der Waals surface area contributed by atoms with Crippen molar-refractivity contribution in [2.24, 2.45) is 5.92 Å². The van der Waals surface area contributed by atoms with Gasteiger partial charge in [-0.15, -0.1) is 0 Å². The lowest BCUT2D eigenvalue weighted by Crippen LogP contribution is -2.45. The first-order chi connectivity index (χ1) is 28.1. The molecule has 0 radical (unpaired) electrons. The van der Waals surface area contributed by atoms with Gasteiger partial charge in [0.25, 0.3) is 0 Å². The first kappa shape index (κ1) is 54.5. The normalized spacial score (nSPS) is 17.2. The standard InChI is InChI=1S/C27H36BrNO4Si.C20H31NO4Si.2CH4/c1-27(2,3)34(4,5)33-16-15-22(17-21-11-13-23(28)14-12-21)25(30)29-24(19-32-26(29)31)18-20-9-7-6-8-10-20;1-20(2,3)26(4,5)25-13-9-12-18(22)21-17(15-24-19(21)23)14-16-10-7-6-8-11-16;;/h6-14,22,24H,15-19H2,1-5H3;6-8,10-11,17H,9,12-15H2,1-5H3;2*1H4/t22-,24+;17-;;/m10../s1. The predicted molar refractivity (Wildman–Crippen MR) is 259 cm³/mol. The van der Waals surface area contributed by atoms with Gasteiger partial charge in [0.2, 0.25) is 11.8 Å². The second-order valence-corrected chi connectivity index (χ2v) is 29.5. The van der Waals surface area contributed by atoms with Crippen LogP contribution >= 0.6 is 15.9 Å². The van der Waals surface area contributed by atoms with E-state index in [-0.39, 0.29) is 68.0 Å². The highest BCUT2D eigenvalue weighted by Crippen LogP contribution is 2.38. The summed E-state index contributed by atoms with van der Waals surface area (Å²) in [6, 6.07) is 27.2. The van der Waals surface area contributed by atoms with Gasteiger partial charge < -0.3 is 18.3 Å². The molecular weight excluding hydrogens is 881 g/mol. The molecule has 10 nitrogen and oxygen atoms in total. The maximum Gasteiger partial charge on any atom is 0.416 e. The molecule has 2 heterocycles. The van der Waals surface area contributed by atoms with Crippen molar-refractivity contribution >= 4 is 56.6 Å². The fraction of sp³-hybridized carbons (Fsp3) is 0.551. The zero-order chi connectivity index (χ0) is 44.3. The number of rotatable bonds is 16. The molecule has 5 rings (SSSR count). The lowest BCUT2D eigenvalue weighted by Gasteiger charge is -2.36. The van der Waals surface area contributed by atoms with Gasteiger partial charge >= 0.3 is 12.2 Å². The van der Waals surface area contributed by atoms with Crippen LogP contribution in [-0.4, -0.2) is 88.9 Å². The van der Waals surface area contributed by atoms with Crippen molar-refractivity contribution < 1.29 is 37.5 Å². The van der Waals surface area contributed by atoms with E-state index in [1.165, 1.54) is 9.80 Å². The monoisotopic (exact) mass is 954 g/mol. The van der Waals surface area contributed by atoms with E-state index in [1.54, 1.807) is 0 Å². The van der Waals surface area contributed by atoms with E-state index < -0.39 is 28.8 Å². The zero-order valence-corrected chi connectivity index (χ0v) is 41.0. The molecule has 0 N–H and O–H groups in total. The molecule has 0 unspecified atom stereocenters. The molecule has 62 heavy (non-hydrogen) atoms. The molecule has 3 aromatic rings. The van der Waals surface area contributed by atoms with Gasteiger partial charge in [-0.2, -0.15) is 0 Å². The fourth-order valence-electron chi connectivity index (χ4n) is 6.54. The summed E-state index contributed by atoms with van der Waals surface area (Å²) in [6.45, 7) is 23.6. The van der Waals surface area contributed by atoms with Crippen LogP contribution in [0.25, 0.3) is 0 Å². The Hall–Kier alpha value is -3.63. The average Bonchev–Trinajstić information content (AvgIpc) is 3.73. The Bertz CT molecular complexity index is 1860. The van der Waals surface area contributed by atoms with Gasteiger partial charge in [-0.3, -0.25) is 9.59 Å². The SMILES string of the molecule is C.C.CC(C)(C)[Si](C)(C)OCCCC(=O)N1C(=O)OC[C@@H]1Cc1ccccc1.CC(C)(C)[Si](C)(C)OCC[C@H](Cc1ccc(Br)cc1)C(=O)N1C(=O)OC[C@@H]1Cc1ccccc1. The van der Waals surface area contributed by atoms with Crippen LogP contribution in [0, 0.1) is 5.92 Å². The van der Waals surface area contributed by atoms with Crippen molar-refractivity contribution in [3.8, 4) is 0 Å². The number of imide groups is 2. The molecule has 0 spiro atoms. The number of hydrogen-bond acceptors (Lipinski definition) is 8. The summed E-state index contributed by atoms with van der Waals surface area (Å²) in [5.74, 6) is -0.715. The molecule has 344 valence electrons. The number of carbonyl (C=O) groups excluding carboxylic acids is 4. The highest BCUT2D eigenvalue weighted by molar-refractivity contribution is 9.10. The smallest absolute Gasteiger partial charge is 0.416 e. The number of benzene rings is 3. The van der Waals surface area contributed by atoms with E-state index >= 15 is 0 Å². The van der Waals surface area contributed by atoms with Crippen molar-refractivity contribution in [3.63, 3.8) is 0 Å². The minimum atomic E-state index is -1.94. The largest absolute Gasteiger partial charge is 0.447 e. The molecule has 0 aromatic heterocycles. The van der Waals surface area contributed by atoms with Gasteiger partial charge in [-0.05, 0) is 97.2 Å². The number of amides is 4.